The van der Waals surface area contributed by atoms with Gasteiger partial charge < -0.3 is 9.84 Å². The average molecular weight is 180 g/mol. The van der Waals surface area contributed by atoms with Crippen molar-refractivity contribution in [3.8, 4) is 0 Å². The predicted octanol–water partition coefficient (Wildman–Crippen LogP) is 1.64. The highest BCUT2D eigenvalue weighted by atomic mass is 16.6. The molecule has 0 aromatic heterocycles. The van der Waals surface area contributed by atoms with E-state index in [1.807, 2.05) is 0 Å². The van der Waals surface area contributed by atoms with Crippen molar-refractivity contribution in [1.82, 2.24) is 0 Å². The fraction of sp³-hybridized carbons (Fsp3) is 0.818. The first-order chi connectivity index (χ1) is 6.16. The van der Waals surface area contributed by atoms with E-state index in [0.29, 0.717) is 0 Å². The van der Waals surface area contributed by atoms with Crippen LogP contribution in [0.15, 0.2) is 11.6 Å². The number of hydrogen-bond donors (Lipinski definition) is 1. The molecule has 0 radical (unpaired) electrons. The smallest absolute Gasteiger partial charge is 0.101 e. The maximum atomic E-state index is 9.54. The van der Waals surface area contributed by atoms with Gasteiger partial charge in [0.2, 0.25) is 0 Å². The minimum absolute atomic E-state index is 0.180. The Hall–Kier alpha value is -0.340. The third-order valence-corrected chi connectivity index (χ3v) is 4.34. The van der Waals surface area contributed by atoms with Crippen LogP contribution in [0.4, 0.5) is 0 Å². The van der Waals surface area contributed by atoms with Gasteiger partial charge in [-0.1, -0.05) is 18.6 Å². The van der Waals surface area contributed by atoms with Crippen molar-refractivity contribution < 1.29 is 9.84 Å². The Labute approximate surface area is 78.6 Å². The molecule has 2 aliphatic carbocycles. The van der Waals surface area contributed by atoms with Crippen LogP contribution in [-0.2, 0) is 4.74 Å². The van der Waals surface area contributed by atoms with Crippen molar-refractivity contribution in [3.05, 3.63) is 11.6 Å². The van der Waals surface area contributed by atoms with E-state index >= 15 is 0 Å². The first kappa shape index (κ1) is 8.01. The summed E-state index contributed by atoms with van der Waals surface area (Å²) in [7, 11) is 0. The average Bonchev–Trinajstić information content (AvgIpc) is 2.82. The summed E-state index contributed by atoms with van der Waals surface area (Å²) >= 11 is 0. The monoisotopic (exact) mass is 180 g/mol. The Bertz CT molecular complexity index is 278. The number of hydrogen-bond acceptors (Lipinski definition) is 2. The van der Waals surface area contributed by atoms with Crippen LogP contribution >= 0.6 is 0 Å². The summed E-state index contributed by atoms with van der Waals surface area (Å²) < 4.78 is 5.64. The number of aliphatic hydroxyl groups is 1. The second-order valence-electron chi connectivity index (χ2n) is 4.91. The summed E-state index contributed by atoms with van der Waals surface area (Å²) in [6, 6.07) is 0. The zero-order chi connectivity index (χ0) is 9.10. The standard InChI is InChI=1S/C11H16O2/c1-10-4-3-9(12)6-8(10)2-5-11(10)7-13-11/h6,9,12H,2-5,7H2,1H3/t9-,10-,11+/m1/s1. The van der Waals surface area contributed by atoms with Crippen molar-refractivity contribution in [1.29, 1.82) is 0 Å². The molecule has 0 unspecified atom stereocenters. The van der Waals surface area contributed by atoms with Gasteiger partial charge in [-0.15, -0.1) is 0 Å². The summed E-state index contributed by atoms with van der Waals surface area (Å²) in [5.41, 5.74) is 1.88. The van der Waals surface area contributed by atoms with E-state index in [1.165, 1.54) is 12.0 Å². The molecule has 0 bridgehead atoms. The molecule has 2 fully saturated rings. The van der Waals surface area contributed by atoms with Gasteiger partial charge in [-0.2, -0.15) is 0 Å². The summed E-state index contributed by atoms with van der Waals surface area (Å²) in [5, 5.41) is 9.54. The molecule has 1 saturated carbocycles. The first-order valence-electron chi connectivity index (χ1n) is 5.20. The zero-order valence-electron chi connectivity index (χ0n) is 8.05. The molecule has 3 aliphatic rings. The van der Waals surface area contributed by atoms with Gasteiger partial charge in [0.1, 0.15) is 5.60 Å². The summed E-state index contributed by atoms with van der Waals surface area (Å²) in [5.74, 6) is 0. The third kappa shape index (κ3) is 0.856. The molecule has 1 aliphatic heterocycles. The molecule has 0 aromatic rings. The topological polar surface area (TPSA) is 32.8 Å². The Kier molecular flexibility index (Phi) is 1.34. The van der Waals surface area contributed by atoms with E-state index in [1.54, 1.807) is 0 Å². The predicted molar refractivity (Wildman–Crippen MR) is 49.3 cm³/mol. The molecule has 13 heavy (non-hydrogen) atoms. The Morgan fingerprint density at radius 2 is 2.31 bits per heavy atom. The van der Waals surface area contributed by atoms with Crippen molar-refractivity contribution in [2.75, 3.05) is 6.61 Å². The van der Waals surface area contributed by atoms with E-state index < -0.39 is 0 Å². The quantitative estimate of drug-likeness (QED) is 0.454. The summed E-state index contributed by atoms with van der Waals surface area (Å²) in [6.45, 7) is 3.25. The molecule has 3 rings (SSSR count). The van der Waals surface area contributed by atoms with Crippen molar-refractivity contribution in [3.63, 3.8) is 0 Å². The van der Waals surface area contributed by atoms with Crippen LogP contribution in [0, 0.1) is 5.41 Å². The largest absolute Gasteiger partial charge is 0.389 e. The number of ether oxygens (including phenoxy) is 1. The normalized spacial score (nSPS) is 53.4. The van der Waals surface area contributed by atoms with Crippen LogP contribution in [0.5, 0.6) is 0 Å². The highest BCUT2D eigenvalue weighted by molar-refractivity contribution is 5.33. The van der Waals surface area contributed by atoms with E-state index in [-0.39, 0.29) is 17.1 Å². The van der Waals surface area contributed by atoms with Gasteiger partial charge in [-0.05, 0) is 25.7 Å². The maximum absolute atomic E-state index is 9.54. The molecule has 0 aromatic carbocycles. The van der Waals surface area contributed by atoms with E-state index in [9.17, 15) is 5.11 Å². The van der Waals surface area contributed by atoms with E-state index in [2.05, 4.69) is 13.0 Å². The molecule has 1 saturated heterocycles. The Morgan fingerprint density at radius 3 is 3.00 bits per heavy atom. The second-order valence-corrected chi connectivity index (χ2v) is 4.91. The lowest BCUT2D eigenvalue weighted by molar-refractivity contribution is 0.122. The van der Waals surface area contributed by atoms with Gasteiger partial charge in [0.05, 0.1) is 12.7 Å². The van der Waals surface area contributed by atoms with Gasteiger partial charge in [0.15, 0.2) is 0 Å². The molecule has 0 amide bonds. The van der Waals surface area contributed by atoms with Gasteiger partial charge in [-0.25, -0.2) is 0 Å². The molecule has 3 atom stereocenters. The second kappa shape index (κ2) is 2.18. The third-order valence-electron chi connectivity index (χ3n) is 4.34. The highest BCUT2D eigenvalue weighted by Gasteiger charge is 2.64. The Morgan fingerprint density at radius 1 is 1.54 bits per heavy atom. The van der Waals surface area contributed by atoms with Crippen LogP contribution in [0.1, 0.15) is 32.6 Å². The van der Waals surface area contributed by atoms with E-state index in [0.717, 1.165) is 25.9 Å². The van der Waals surface area contributed by atoms with Crippen LogP contribution in [0.25, 0.3) is 0 Å². The van der Waals surface area contributed by atoms with Crippen LogP contribution in [0.2, 0.25) is 0 Å². The van der Waals surface area contributed by atoms with Crippen LogP contribution in [0.3, 0.4) is 0 Å². The van der Waals surface area contributed by atoms with Gasteiger partial charge in [0.25, 0.3) is 0 Å². The van der Waals surface area contributed by atoms with E-state index in [4.69, 9.17) is 4.74 Å². The number of epoxide rings is 1. The van der Waals surface area contributed by atoms with Gasteiger partial charge in [-0.3, -0.25) is 0 Å². The number of rotatable bonds is 0. The van der Waals surface area contributed by atoms with Crippen LogP contribution < -0.4 is 0 Å². The molecule has 2 heteroatoms. The van der Waals surface area contributed by atoms with Crippen molar-refractivity contribution in [2.45, 2.75) is 44.3 Å². The molecule has 1 heterocycles. The summed E-state index contributed by atoms with van der Waals surface area (Å²) in [4.78, 5) is 0. The molecule has 1 spiro atoms. The molecule has 2 nitrogen and oxygen atoms in total. The maximum Gasteiger partial charge on any atom is 0.101 e. The van der Waals surface area contributed by atoms with Crippen molar-refractivity contribution >= 4 is 0 Å². The fourth-order valence-corrected chi connectivity index (χ4v) is 3.14. The molecular weight excluding hydrogens is 164 g/mol. The SMILES string of the molecule is C[C@@]12CC[C@@H](O)C=C1CC[C@]21CO1. The fourth-order valence-electron chi connectivity index (χ4n) is 3.14. The molecule has 1 N–H and O–H groups in total. The molecular formula is C11H16O2. The Balaban J connectivity index is 2.02. The van der Waals surface area contributed by atoms with Gasteiger partial charge in [0, 0.05) is 5.41 Å². The lowest BCUT2D eigenvalue weighted by Crippen LogP contribution is -2.35. The lowest BCUT2D eigenvalue weighted by Gasteiger charge is -2.35. The number of fused-ring (bicyclic) bond motifs is 2. The van der Waals surface area contributed by atoms with Crippen LogP contribution in [-0.4, -0.2) is 23.4 Å². The van der Waals surface area contributed by atoms with Gasteiger partial charge >= 0.3 is 0 Å². The van der Waals surface area contributed by atoms with Crippen molar-refractivity contribution in [2.24, 2.45) is 5.41 Å². The zero-order valence-corrected chi connectivity index (χ0v) is 8.05. The summed E-state index contributed by atoms with van der Waals surface area (Å²) in [6.07, 6.45) is 6.18. The lowest BCUT2D eigenvalue weighted by atomic mass is 9.70. The minimum atomic E-state index is -0.197. The highest BCUT2D eigenvalue weighted by Crippen LogP contribution is 2.62. The number of aliphatic hydroxyl groups excluding tert-OH is 1. The minimum Gasteiger partial charge on any atom is -0.389 e. The first-order valence-corrected chi connectivity index (χ1v) is 5.20. The molecule has 72 valence electrons.